The second-order valence-corrected chi connectivity index (χ2v) is 13.2. The van der Waals surface area contributed by atoms with Crippen LogP contribution in [0.25, 0.3) is 33.7 Å². The minimum atomic E-state index is 0.0471. The van der Waals surface area contributed by atoms with Gasteiger partial charge in [-0.05, 0) is 74.5 Å². The van der Waals surface area contributed by atoms with Crippen molar-refractivity contribution >= 4 is 57.6 Å². The molecule has 11 rings (SSSR count). The van der Waals surface area contributed by atoms with Gasteiger partial charge in [-0.15, -0.1) is 0 Å². The maximum absolute atomic E-state index is 6.68. The zero-order valence-corrected chi connectivity index (χ0v) is 26.1. The normalized spacial score (nSPS) is 17.8. The van der Waals surface area contributed by atoms with Crippen LogP contribution in [0.3, 0.4) is 0 Å². The molecule has 2 atom stereocenters. The molecule has 0 bridgehead atoms. The first-order valence-electron chi connectivity index (χ1n) is 16.8. The van der Waals surface area contributed by atoms with E-state index in [4.69, 9.17) is 4.74 Å². The molecule has 1 aliphatic carbocycles. The minimum Gasteiger partial charge on any atom is -0.453 e. The first-order valence-corrected chi connectivity index (χ1v) is 16.8. The Kier molecular flexibility index (Phi) is 5.31. The van der Waals surface area contributed by atoms with Crippen LogP contribution in [-0.2, 0) is 0 Å². The lowest BCUT2D eigenvalue weighted by molar-refractivity contribution is 0.476. The Morgan fingerprint density at radius 3 is 2.23 bits per heavy atom. The SMILES string of the molecule is C1=c2ccccc2=C2C3B(c4cccc5c4N2c2ccccc2O5)N(c2ccc(-c4ccccc4)cc2)c2ccc4ccccc4c2C13. The molecule has 3 heterocycles. The molecule has 224 valence electrons. The quantitative estimate of drug-likeness (QED) is 0.182. The summed E-state index contributed by atoms with van der Waals surface area (Å²) in [5, 5.41) is 5.18. The van der Waals surface area contributed by atoms with E-state index < -0.39 is 0 Å². The fourth-order valence-corrected chi connectivity index (χ4v) is 8.95. The molecule has 0 aromatic heterocycles. The molecular weight excluding hydrogens is 583 g/mol. The predicted octanol–water partition coefficient (Wildman–Crippen LogP) is 8.87. The third kappa shape index (κ3) is 3.49. The Morgan fingerprint density at radius 1 is 0.562 bits per heavy atom. The lowest BCUT2D eigenvalue weighted by Crippen LogP contribution is -2.61. The van der Waals surface area contributed by atoms with Gasteiger partial charge in [-0.25, -0.2) is 0 Å². The Labute approximate surface area is 279 Å². The Balaban J connectivity index is 1.26. The van der Waals surface area contributed by atoms with Crippen molar-refractivity contribution in [1.82, 2.24) is 0 Å². The molecule has 3 nitrogen and oxygen atoms in total. The van der Waals surface area contributed by atoms with Crippen LogP contribution in [0.15, 0.2) is 158 Å². The number of ether oxygens (including phenoxy) is 1. The van der Waals surface area contributed by atoms with Crippen LogP contribution in [-0.4, -0.2) is 6.85 Å². The Bertz CT molecular complexity index is 2580. The highest BCUT2D eigenvalue weighted by molar-refractivity contribution is 6.83. The summed E-state index contributed by atoms with van der Waals surface area (Å²) in [6.45, 7) is 0.0471. The first-order chi connectivity index (χ1) is 23.8. The van der Waals surface area contributed by atoms with Crippen LogP contribution in [0.4, 0.5) is 22.7 Å². The third-order valence-electron chi connectivity index (χ3n) is 10.8. The van der Waals surface area contributed by atoms with E-state index in [0.717, 1.165) is 22.9 Å². The molecule has 0 N–H and O–H groups in total. The summed E-state index contributed by atoms with van der Waals surface area (Å²) in [5.41, 5.74) is 11.2. The van der Waals surface area contributed by atoms with Crippen LogP contribution in [0.5, 0.6) is 11.5 Å². The summed E-state index contributed by atoms with van der Waals surface area (Å²) in [6.07, 6.45) is 2.55. The lowest BCUT2D eigenvalue weighted by atomic mass is 9.36. The fourth-order valence-electron chi connectivity index (χ4n) is 8.95. The van der Waals surface area contributed by atoms with Gasteiger partial charge in [0.05, 0.1) is 11.4 Å². The highest BCUT2D eigenvalue weighted by Gasteiger charge is 2.55. The largest absolute Gasteiger partial charge is 0.453 e. The highest BCUT2D eigenvalue weighted by Crippen LogP contribution is 2.60. The number of nitrogens with zero attached hydrogens (tertiary/aromatic N) is 2. The number of hydrogen-bond donors (Lipinski definition) is 0. The summed E-state index contributed by atoms with van der Waals surface area (Å²) in [7, 11) is 0. The number of hydrogen-bond acceptors (Lipinski definition) is 3. The molecule has 7 aromatic carbocycles. The monoisotopic (exact) mass is 612 g/mol. The lowest BCUT2D eigenvalue weighted by Gasteiger charge is -2.54. The Morgan fingerprint density at radius 2 is 1.31 bits per heavy atom. The van der Waals surface area contributed by atoms with E-state index in [1.165, 1.54) is 60.4 Å². The fraction of sp³-hybridized carbons (Fsp3) is 0.0455. The maximum atomic E-state index is 6.68. The molecule has 0 spiro atoms. The van der Waals surface area contributed by atoms with Crippen LogP contribution in [0.1, 0.15) is 11.5 Å². The van der Waals surface area contributed by atoms with Gasteiger partial charge in [0.1, 0.15) is 0 Å². The molecule has 0 amide bonds. The predicted molar refractivity (Wildman–Crippen MR) is 199 cm³/mol. The molecule has 0 radical (unpaired) electrons. The van der Waals surface area contributed by atoms with Crippen LogP contribution < -0.4 is 30.3 Å². The number of para-hydroxylation sites is 3. The van der Waals surface area contributed by atoms with Crippen molar-refractivity contribution in [1.29, 1.82) is 0 Å². The van der Waals surface area contributed by atoms with E-state index in [1.807, 2.05) is 0 Å². The summed E-state index contributed by atoms with van der Waals surface area (Å²) < 4.78 is 6.68. The maximum Gasteiger partial charge on any atom is 0.306 e. The van der Waals surface area contributed by atoms with Gasteiger partial charge in [-0.2, -0.15) is 0 Å². The van der Waals surface area contributed by atoms with Gasteiger partial charge in [0.25, 0.3) is 0 Å². The second kappa shape index (κ2) is 9.76. The zero-order valence-electron chi connectivity index (χ0n) is 26.1. The van der Waals surface area contributed by atoms with Crippen LogP contribution >= 0.6 is 0 Å². The second-order valence-electron chi connectivity index (χ2n) is 13.2. The molecule has 0 saturated heterocycles. The van der Waals surface area contributed by atoms with E-state index in [2.05, 4.69) is 174 Å². The molecular formula is C44H29BN2O. The van der Waals surface area contributed by atoms with E-state index in [9.17, 15) is 0 Å². The van der Waals surface area contributed by atoms with Gasteiger partial charge in [0.2, 0.25) is 0 Å². The molecule has 3 aliphatic heterocycles. The number of benzene rings is 7. The zero-order chi connectivity index (χ0) is 31.3. The van der Waals surface area contributed by atoms with Gasteiger partial charge < -0.3 is 14.4 Å². The molecule has 0 saturated carbocycles. The highest BCUT2D eigenvalue weighted by atomic mass is 16.5. The number of anilines is 4. The van der Waals surface area contributed by atoms with Crippen LogP contribution in [0.2, 0.25) is 5.82 Å². The number of fused-ring (bicyclic) bond motifs is 9. The van der Waals surface area contributed by atoms with Gasteiger partial charge in [-0.1, -0.05) is 127 Å². The van der Waals surface area contributed by atoms with Crippen molar-refractivity contribution < 1.29 is 4.74 Å². The van der Waals surface area contributed by atoms with E-state index >= 15 is 0 Å². The van der Waals surface area contributed by atoms with E-state index in [0.29, 0.717) is 0 Å². The smallest absolute Gasteiger partial charge is 0.306 e. The molecule has 2 unspecified atom stereocenters. The van der Waals surface area contributed by atoms with Crippen LogP contribution in [0, 0.1) is 0 Å². The van der Waals surface area contributed by atoms with Gasteiger partial charge in [0, 0.05) is 34.0 Å². The van der Waals surface area contributed by atoms with Gasteiger partial charge in [0.15, 0.2) is 11.5 Å². The topological polar surface area (TPSA) is 15.7 Å². The van der Waals surface area contributed by atoms with Gasteiger partial charge >= 0.3 is 6.85 Å². The molecule has 48 heavy (non-hydrogen) atoms. The number of rotatable bonds is 2. The van der Waals surface area contributed by atoms with Crippen molar-refractivity contribution in [3.8, 4) is 22.6 Å². The first kappa shape index (κ1) is 26.1. The van der Waals surface area contributed by atoms with Gasteiger partial charge in [-0.3, -0.25) is 0 Å². The summed E-state index contributed by atoms with van der Waals surface area (Å²) in [6, 6.07) is 57.5. The van der Waals surface area contributed by atoms with Crippen molar-refractivity contribution in [2.75, 3.05) is 9.71 Å². The van der Waals surface area contributed by atoms with Crippen molar-refractivity contribution in [2.24, 2.45) is 0 Å². The molecule has 7 aromatic rings. The van der Waals surface area contributed by atoms with E-state index in [1.54, 1.807) is 0 Å². The van der Waals surface area contributed by atoms with Crippen molar-refractivity contribution in [3.05, 3.63) is 174 Å². The summed E-state index contributed by atoms with van der Waals surface area (Å²) >= 11 is 0. The summed E-state index contributed by atoms with van der Waals surface area (Å²) in [5.74, 6) is 2.13. The minimum absolute atomic E-state index is 0.0471. The average Bonchev–Trinajstić information content (AvgIpc) is 3.16. The van der Waals surface area contributed by atoms with Crippen molar-refractivity contribution in [2.45, 2.75) is 11.7 Å². The standard InChI is InChI=1S/C44H29BN2O/c1-2-11-28(12-3-1)29-21-24-32(25-22-29)47-38-26-23-30-13-4-6-15-33(30)41(38)35-27-31-14-5-7-16-34(31)43-42(35)45(47)36-17-10-20-40-44(36)46(43)37-18-8-9-19-39(37)48-40/h1-27,35,42H. The molecule has 4 heteroatoms. The molecule has 4 aliphatic rings. The Hall–Kier alpha value is -6.00. The third-order valence-corrected chi connectivity index (χ3v) is 10.8. The molecule has 0 fully saturated rings. The van der Waals surface area contributed by atoms with E-state index in [-0.39, 0.29) is 18.6 Å². The van der Waals surface area contributed by atoms with Crippen molar-refractivity contribution in [3.63, 3.8) is 0 Å². The summed E-state index contributed by atoms with van der Waals surface area (Å²) in [4.78, 5) is 5.17. The average molecular weight is 613 g/mol.